The van der Waals surface area contributed by atoms with Crippen molar-refractivity contribution in [3.05, 3.63) is 35.9 Å². The SMILES string of the molecule is CC(C)(C)OC[C@H](NS(=O)(=O)c1cccc(C=CC(=O)NO)c1)C(=O)OC1CCCC1. The molecule has 1 aromatic carbocycles. The molecule has 0 saturated heterocycles. The molecule has 172 valence electrons. The van der Waals surface area contributed by atoms with Gasteiger partial charge in [0.05, 0.1) is 17.1 Å². The summed E-state index contributed by atoms with van der Waals surface area (Å²) in [6.45, 7) is 5.24. The van der Waals surface area contributed by atoms with Gasteiger partial charge in [-0.15, -0.1) is 0 Å². The van der Waals surface area contributed by atoms with Gasteiger partial charge < -0.3 is 9.47 Å². The van der Waals surface area contributed by atoms with E-state index in [1.54, 1.807) is 26.8 Å². The van der Waals surface area contributed by atoms with Gasteiger partial charge in [0, 0.05) is 6.08 Å². The average molecular weight is 455 g/mol. The van der Waals surface area contributed by atoms with Crippen molar-refractivity contribution < 1.29 is 32.7 Å². The normalized spacial score (nSPS) is 16.4. The molecule has 9 nitrogen and oxygen atoms in total. The zero-order valence-electron chi connectivity index (χ0n) is 18.0. The summed E-state index contributed by atoms with van der Waals surface area (Å²) in [7, 11) is -4.09. The van der Waals surface area contributed by atoms with Crippen LogP contribution in [0.5, 0.6) is 0 Å². The summed E-state index contributed by atoms with van der Waals surface area (Å²) in [6.07, 6.45) is 5.67. The van der Waals surface area contributed by atoms with E-state index in [1.807, 2.05) is 0 Å². The lowest BCUT2D eigenvalue weighted by molar-refractivity contribution is -0.153. The lowest BCUT2D eigenvalue weighted by atomic mass is 10.2. The number of rotatable bonds is 9. The van der Waals surface area contributed by atoms with Crippen LogP contribution in [0.25, 0.3) is 6.08 Å². The number of amides is 1. The maximum Gasteiger partial charge on any atom is 0.326 e. The van der Waals surface area contributed by atoms with Crippen molar-refractivity contribution in [2.45, 2.75) is 69.1 Å². The topological polar surface area (TPSA) is 131 Å². The van der Waals surface area contributed by atoms with E-state index in [9.17, 15) is 18.0 Å². The Labute approximate surface area is 182 Å². The second-order valence-electron chi connectivity index (χ2n) is 8.32. The van der Waals surface area contributed by atoms with E-state index >= 15 is 0 Å². The first kappa shape index (κ1) is 25.0. The second-order valence-corrected chi connectivity index (χ2v) is 10.0. The van der Waals surface area contributed by atoms with Crippen LogP contribution in [-0.2, 0) is 29.1 Å². The average Bonchev–Trinajstić information content (AvgIpc) is 3.21. The molecule has 0 spiro atoms. The molecule has 1 amide bonds. The highest BCUT2D eigenvalue weighted by atomic mass is 32.2. The zero-order chi connectivity index (χ0) is 23.1. The first-order valence-electron chi connectivity index (χ1n) is 10.1. The van der Waals surface area contributed by atoms with Gasteiger partial charge in [-0.2, -0.15) is 4.72 Å². The predicted octanol–water partition coefficient (Wildman–Crippen LogP) is 2.15. The molecule has 2 rings (SSSR count). The fraction of sp³-hybridized carbons (Fsp3) is 0.524. The summed E-state index contributed by atoms with van der Waals surface area (Å²) in [6, 6.07) is 4.60. The van der Waals surface area contributed by atoms with E-state index in [0.717, 1.165) is 31.8 Å². The second kappa shape index (κ2) is 10.9. The number of hydroxylamine groups is 1. The highest BCUT2D eigenvalue weighted by Gasteiger charge is 2.31. The third kappa shape index (κ3) is 8.41. The number of hydrogen-bond acceptors (Lipinski definition) is 7. The highest BCUT2D eigenvalue weighted by Crippen LogP contribution is 2.22. The molecule has 31 heavy (non-hydrogen) atoms. The molecule has 1 saturated carbocycles. The summed E-state index contributed by atoms with van der Waals surface area (Å²) < 4.78 is 39.4. The van der Waals surface area contributed by atoms with E-state index in [-0.39, 0.29) is 17.6 Å². The van der Waals surface area contributed by atoms with E-state index in [2.05, 4.69) is 4.72 Å². The van der Waals surface area contributed by atoms with Gasteiger partial charge in [0.1, 0.15) is 12.1 Å². The van der Waals surface area contributed by atoms with Crippen molar-refractivity contribution in [2.75, 3.05) is 6.61 Å². The van der Waals surface area contributed by atoms with Gasteiger partial charge in [0.25, 0.3) is 5.91 Å². The van der Waals surface area contributed by atoms with Crippen LogP contribution in [0.3, 0.4) is 0 Å². The van der Waals surface area contributed by atoms with Gasteiger partial charge in [0.2, 0.25) is 10.0 Å². The fourth-order valence-corrected chi connectivity index (χ4v) is 4.21. The minimum absolute atomic E-state index is 0.0894. The summed E-state index contributed by atoms with van der Waals surface area (Å²) in [5, 5.41) is 8.55. The molecule has 1 atom stereocenters. The summed E-state index contributed by atoms with van der Waals surface area (Å²) in [5.74, 6) is -1.42. The smallest absolute Gasteiger partial charge is 0.326 e. The Hall–Kier alpha value is -2.27. The maximum absolute atomic E-state index is 12.9. The number of ether oxygens (including phenoxy) is 2. The summed E-state index contributed by atoms with van der Waals surface area (Å²) in [5.41, 5.74) is 1.30. The number of hydrogen-bond donors (Lipinski definition) is 3. The Morgan fingerprint density at radius 1 is 1.26 bits per heavy atom. The van der Waals surface area contributed by atoms with E-state index in [4.69, 9.17) is 14.7 Å². The Morgan fingerprint density at radius 3 is 2.55 bits per heavy atom. The third-order valence-electron chi connectivity index (χ3n) is 4.56. The molecule has 1 aliphatic rings. The first-order valence-corrected chi connectivity index (χ1v) is 11.6. The molecule has 0 radical (unpaired) electrons. The molecule has 0 aliphatic heterocycles. The molecule has 1 aromatic rings. The van der Waals surface area contributed by atoms with Crippen LogP contribution in [0, 0.1) is 0 Å². The molecule has 3 N–H and O–H groups in total. The summed E-state index contributed by atoms with van der Waals surface area (Å²) in [4.78, 5) is 23.7. The monoisotopic (exact) mass is 454 g/mol. The fourth-order valence-electron chi connectivity index (χ4n) is 2.99. The molecule has 10 heteroatoms. The van der Waals surface area contributed by atoms with Crippen LogP contribution in [0.2, 0.25) is 0 Å². The Kier molecular flexibility index (Phi) is 8.75. The highest BCUT2D eigenvalue weighted by molar-refractivity contribution is 7.89. The minimum Gasteiger partial charge on any atom is -0.461 e. The van der Waals surface area contributed by atoms with Gasteiger partial charge >= 0.3 is 5.97 Å². The molecule has 0 unspecified atom stereocenters. The number of sulfonamides is 1. The van der Waals surface area contributed by atoms with Crippen LogP contribution in [-0.4, -0.2) is 49.9 Å². The molecular weight excluding hydrogens is 424 g/mol. The first-order chi connectivity index (χ1) is 14.5. The standard InChI is InChI=1S/C21H30N2O7S/c1-21(2,3)29-14-18(20(25)30-16-8-4-5-9-16)23-31(27,28)17-10-6-7-15(13-17)11-12-19(24)22-26/h6-7,10-13,16,18,23,26H,4-5,8-9,14H2,1-3H3,(H,22,24)/t18-/m0/s1. The predicted molar refractivity (Wildman–Crippen MR) is 114 cm³/mol. The van der Waals surface area contributed by atoms with Crippen LogP contribution in [0.15, 0.2) is 35.2 Å². The minimum atomic E-state index is -4.09. The number of benzene rings is 1. The van der Waals surface area contributed by atoms with Gasteiger partial charge in [-0.05, 0) is 70.2 Å². The van der Waals surface area contributed by atoms with Gasteiger partial charge in [-0.25, -0.2) is 13.9 Å². The third-order valence-corrected chi connectivity index (χ3v) is 6.03. The van der Waals surface area contributed by atoms with Crippen molar-refractivity contribution in [2.24, 2.45) is 0 Å². The van der Waals surface area contributed by atoms with Crippen molar-refractivity contribution in [1.82, 2.24) is 10.2 Å². The van der Waals surface area contributed by atoms with Crippen LogP contribution in [0.1, 0.15) is 52.0 Å². The molecule has 1 aliphatic carbocycles. The lowest BCUT2D eigenvalue weighted by Crippen LogP contribution is -2.47. The van der Waals surface area contributed by atoms with Crippen molar-refractivity contribution in [3.63, 3.8) is 0 Å². The van der Waals surface area contributed by atoms with Gasteiger partial charge in [-0.3, -0.25) is 14.8 Å². The van der Waals surface area contributed by atoms with Crippen molar-refractivity contribution in [3.8, 4) is 0 Å². The molecule has 0 bridgehead atoms. The molecule has 0 aromatic heterocycles. The quantitative estimate of drug-likeness (QED) is 0.225. The largest absolute Gasteiger partial charge is 0.461 e. The number of nitrogens with one attached hydrogen (secondary N) is 2. The van der Waals surface area contributed by atoms with Gasteiger partial charge in [0.15, 0.2) is 0 Å². The number of carbonyl (C=O) groups excluding carboxylic acids is 2. The van der Waals surface area contributed by atoms with Crippen molar-refractivity contribution in [1.29, 1.82) is 0 Å². The Balaban J connectivity index is 2.19. The van der Waals surface area contributed by atoms with Crippen LogP contribution in [0.4, 0.5) is 0 Å². The van der Waals surface area contributed by atoms with E-state index < -0.39 is 33.5 Å². The lowest BCUT2D eigenvalue weighted by Gasteiger charge is -2.25. The van der Waals surface area contributed by atoms with Crippen molar-refractivity contribution >= 4 is 28.0 Å². The number of esters is 1. The molecule has 0 heterocycles. The van der Waals surface area contributed by atoms with Crippen LogP contribution < -0.4 is 10.2 Å². The Bertz CT molecular complexity index is 901. The van der Waals surface area contributed by atoms with E-state index in [1.165, 1.54) is 29.8 Å². The molecule has 1 fully saturated rings. The van der Waals surface area contributed by atoms with E-state index in [0.29, 0.717) is 5.56 Å². The number of carbonyl (C=O) groups is 2. The summed E-state index contributed by atoms with van der Waals surface area (Å²) >= 11 is 0. The zero-order valence-corrected chi connectivity index (χ0v) is 18.8. The molecular formula is C21H30N2O7S. The Morgan fingerprint density at radius 2 is 1.94 bits per heavy atom. The maximum atomic E-state index is 12.9. The van der Waals surface area contributed by atoms with Crippen LogP contribution >= 0.6 is 0 Å². The van der Waals surface area contributed by atoms with Gasteiger partial charge in [-0.1, -0.05) is 12.1 Å².